The van der Waals surface area contributed by atoms with Crippen molar-refractivity contribution in [2.45, 2.75) is 25.7 Å². The van der Waals surface area contributed by atoms with Gasteiger partial charge in [0.05, 0.1) is 35.2 Å². The Bertz CT molecular complexity index is 1070. The summed E-state index contributed by atoms with van der Waals surface area (Å²) in [7, 11) is -2.63. The predicted molar refractivity (Wildman–Crippen MR) is 109 cm³/mol. The topological polar surface area (TPSA) is 117 Å². The number of ether oxygens (including phenoxy) is 1. The first-order valence-electron chi connectivity index (χ1n) is 8.65. The van der Waals surface area contributed by atoms with Crippen molar-refractivity contribution in [1.29, 1.82) is 5.26 Å². The Morgan fingerprint density at radius 2 is 1.86 bits per heavy atom. The number of carbonyl (C=O) groups is 2. The molecule has 0 spiro atoms. The number of carbonyl (C=O) groups excluding carboxylic acids is 2. The fourth-order valence-corrected chi connectivity index (χ4v) is 4.69. The SMILES string of the molecule is CCOC(=O)c1c(NC(=O)CN(C)S(=O)(=O)c2ccc(C#N)cc2)sc(C)c1C. The van der Waals surface area contributed by atoms with Crippen molar-refractivity contribution < 1.29 is 22.7 Å². The molecule has 0 fully saturated rings. The zero-order valence-corrected chi connectivity index (χ0v) is 18.1. The van der Waals surface area contributed by atoms with Crippen LogP contribution in [0.25, 0.3) is 0 Å². The lowest BCUT2D eigenvalue weighted by Gasteiger charge is -2.17. The summed E-state index contributed by atoms with van der Waals surface area (Å²) < 4.78 is 31.2. The molecule has 2 rings (SSSR count). The second-order valence-electron chi connectivity index (χ2n) is 6.15. The monoisotopic (exact) mass is 435 g/mol. The number of sulfonamides is 1. The number of nitrogens with one attached hydrogen (secondary N) is 1. The summed E-state index contributed by atoms with van der Waals surface area (Å²) in [5, 5.41) is 11.8. The molecule has 1 aromatic carbocycles. The van der Waals surface area contributed by atoms with Gasteiger partial charge in [0.1, 0.15) is 5.00 Å². The first kappa shape index (κ1) is 22.5. The molecule has 0 aliphatic heterocycles. The molecule has 8 nitrogen and oxygen atoms in total. The fourth-order valence-electron chi connectivity index (χ4n) is 2.50. The summed E-state index contributed by atoms with van der Waals surface area (Å²) in [5.74, 6) is -1.13. The third kappa shape index (κ3) is 5.00. The fraction of sp³-hybridized carbons (Fsp3) is 0.316. The first-order valence-corrected chi connectivity index (χ1v) is 10.9. The molecule has 0 radical (unpaired) electrons. The van der Waals surface area contributed by atoms with E-state index in [4.69, 9.17) is 10.00 Å². The Morgan fingerprint density at radius 1 is 1.24 bits per heavy atom. The Hall–Kier alpha value is -2.74. The lowest BCUT2D eigenvalue weighted by molar-refractivity contribution is -0.116. The molecule has 0 unspecified atom stereocenters. The molecule has 1 N–H and O–H groups in total. The summed E-state index contributed by atoms with van der Waals surface area (Å²) in [4.78, 5) is 25.5. The third-order valence-electron chi connectivity index (χ3n) is 4.18. The number of nitrogens with zero attached hydrogens (tertiary/aromatic N) is 2. The Balaban J connectivity index is 2.17. The highest BCUT2D eigenvalue weighted by Gasteiger charge is 2.26. The lowest BCUT2D eigenvalue weighted by Crippen LogP contribution is -2.35. The van der Waals surface area contributed by atoms with Crippen molar-refractivity contribution in [2.75, 3.05) is 25.5 Å². The van der Waals surface area contributed by atoms with Crippen LogP contribution in [-0.2, 0) is 19.6 Å². The van der Waals surface area contributed by atoms with E-state index >= 15 is 0 Å². The summed E-state index contributed by atoms with van der Waals surface area (Å²) in [6.07, 6.45) is 0. The number of esters is 1. The van der Waals surface area contributed by atoms with Gasteiger partial charge in [-0.15, -0.1) is 11.3 Å². The smallest absolute Gasteiger partial charge is 0.341 e. The molecule has 0 atom stereocenters. The number of hydrogen-bond acceptors (Lipinski definition) is 7. The number of nitriles is 1. The molecular formula is C19H21N3O5S2. The van der Waals surface area contributed by atoms with Crippen LogP contribution in [0.3, 0.4) is 0 Å². The van der Waals surface area contributed by atoms with Crippen molar-refractivity contribution in [2.24, 2.45) is 0 Å². The second-order valence-corrected chi connectivity index (χ2v) is 9.42. The number of amides is 1. The van der Waals surface area contributed by atoms with E-state index in [9.17, 15) is 18.0 Å². The van der Waals surface area contributed by atoms with Gasteiger partial charge in [0.25, 0.3) is 0 Å². The number of benzene rings is 1. The van der Waals surface area contributed by atoms with E-state index in [1.165, 1.54) is 42.6 Å². The van der Waals surface area contributed by atoms with E-state index in [0.29, 0.717) is 16.1 Å². The van der Waals surface area contributed by atoms with E-state index in [1.54, 1.807) is 13.8 Å². The largest absolute Gasteiger partial charge is 0.462 e. The number of aryl methyl sites for hydroxylation is 1. The number of hydrogen-bond donors (Lipinski definition) is 1. The maximum Gasteiger partial charge on any atom is 0.341 e. The summed E-state index contributed by atoms with van der Waals surface area (Å²) >= 11 is 1.23. The summed E-state index contributed by atoms with van der Waals surface area (Å²) in [6, 6.07) is 7.33. The maximum absolute atomic E-state index is 12.6. The molecule has 1 heterocycles. The zero-order chi connectivity index (χ0) is 21.8. The normalized spacial score (nSPS) is 11.2. The molecule has 0 saturated heterocycles. The minimum Gasteiger partial charge on any atom is -0.462 e. The van der Waals surface area contributed by atoms with Crippen LogP contribution in [0.5, 0.6) is 0 Å². The quantitative estimate of drug-likeness (QED) is 0.668. The van der Waals surface area contributed by atoms with Crippen molar-refractivity contribution in [3.05, 3.63) is 45.8 Å². The van der Waals surface area contributed by atoms with Crippen LogP contribution in [0.1, 0.15) is 33.3 Å². The predicted octanol–water partition coefficient (Wildman–Crippen LogP) is 2.67. The van der Waals surface area contributed by atoms with Gasteiger partial charge in [0.15, 0.2) is 0 Å². The van der Waals surface area contributed by atoms with Gasteiger partial charge in [0.2, 0.25) is 15.9 Å². The highest BCUT2D eigenvalue weighted by atomic mass is 32.2. The third-order valence-corrected chi connectivity index (χ3v) is 7.12. The van der Waals surface area contributed by atoms with Gasteiger partial charge in [0, 0.05) is 11.9 Å². The highest BCUT2D eigenvalue weighted by Crippen LogP contribution is 2.33. The van der Waals surface area contributed by atoms with Gasteiger partial charge >= 0.3 is 5.97 Å². The van der Waals surface area contributed by atoms with Crippen molar-refractivity contribution in [3.8, 4) is 6.07 Å². The molecule has 2 aromatic rings. The molecule has 1 amide bonds. The van der Waals surface area contributed by atoms with Crippen LogP contribution >= 0.6 is 11.3 Å². The average Bonchev–Trinajstić information content (AvgIpc) is 2.95. The second kappa shape index (κ2) is 9.17. The van der Waals surface area contributed by atoms with E-state index in [2.05, 4.69) is 5.32 Å². The van der Waals surface area contributed by atoms with Gasteiger partial charge in [-0.2, -0.15) is 9.57 Å². The van der Waals surface area contributed by atoms with Gasteiger partial charge in [-0.25, -0.2) is 13.2 Å². The van der Waals surface area contributed by atoms with Gasteiger partial charge in [-0.1, -0.05) is 0 Å². The number of anilines is 1. The van der Waals surface area contributed by atoms with E-state index in [-0.39, 0.29) is 17.1 Å². The van der Waals surface area contributed by atoms with Crippen LogP contribution in [0.4, 0.5) is 5.00 Å². The van der Waals surface area contributed by atoms with Gasteiger partial charge < -0.3 is 10.1 Å². The van der Waals surface area contributed by atoms with Crippen LogP contribution in [0.2, 0.25) is 0 Å². The molecule has 154 valence electrons. The Labute approximate surface area is 173 Å². The molecule has 0 bridgehead atoms. The number of rotatable bonds is 7. The minimum atomic E-state index is -3.91. The Morgan fingerprint density at radius 3 is 2.41 bits per heavy atom. The zero-order valence-electron chi connectivity index (χ0n) is 16.5. The maximum atomic E-state index is 12.6. The molecular weight excluding hydrogens is 414 g/mol. The van der Waals surface area contributed by atoms with Crippen LogP contribution in [0.15, 0.2) is 29.2 Å². The molecule has 1 aromatic heterocycles. The Kier molecular flexibility index (Phi) is 7.13. The van der Waals surface area contributed by atoms with E-state index in [1.807, 2.05) is 13.0 Å². The van der Waals surface area contributed by atoms with Crippen LogP contribution in [0, 0.1) is 25.2 Å². The summed E-state index contributed by atoms with van der Waals surface area (Å²) in [5.41, 5.74) is 1.32. The van der Waals surface area contributed by atoms with E-state index < -0.39 is 28.4 Å². The molecule has 10 heteroatoms. The van der Waals surface area contributed by atoms with Gasteiger partial charge in [-0.05, 0) is 50.6 Å². The van der Waals surface area contributed by atoms with Crippen molar-refractivity contribution in [1.82, 2.24) is 4.31 Å². The molecule has 0 saturated carbocycles. The molecule has 0 aliphatic rings. The highest BCUT2D eigenvalue weighted by molar-refractivity contribution is 7.89. The number of likely N-dealkylation sites (N-methyl/N-ethyl adjacent to an activating group) is 1. The number of thiophene rings is 1. The minimum absolute atomic E-state index is 0.0261. The van der Waals surface area contributed by atoms with Crippen LogP contribution in [-0.4, -0.2) is 44.8 Å². The van der Waals surface area contributed by atoms with E-state index in [0.717, 1.165) is 9.18 Å². The lowest BCUT2D eigenvalue weighted by atomic mass is 10.1. The average molecular weight is 436 g/mol. The van der Waals surface area contributed by atoms with Crippen LogP contribution < -0.4 is 5.32 Å². The van der Waals surface area contributed by atoms with Gasteiger partial charge in [-0.3, -0.25) is 4.79 Å². The standard InChI is InChI=1S/C19H21N3O5S2/c1-5-27-19(24)17-12(2)13(3)28-18(17)21-16(23)11-22(4)29(25,26)15-8-6-14(10-20)7-9-15/h6-9H,5,11H2,1-4H3,(H,21,23). The first-order chi connectivity index (χ1) is 13.6. The molecule has 29 heavy (non-hydrogen) atoms. The summed E-state index contributed by atoms with van der Waals surface area (Å²) in [6.45, 7) is 5.02. The molecule has 0 aliphatic carbocycles. The van der Waals surface area contributed by atoms with Crippen molar-refractivity contribution in [3.63, 3.8) is 0 Å². The van der Waals surface area contributed by atoms with Crippen molar-refractivity contribution >= 4 is 38.2 Å².